The summed E-state index contributed by atoms with van der Waals surface area (Å²) in [7, 11) is 0. The molecule has 7 aliphatic rings. The molecule has 0 aromatic heterocycles. The monoisotopic (exact) mass is 172 g/mol. The molecule has 2 heteroatoms. The van der Waals surface area contributed by atoms with Gasteiger partial charge in [-0.2, -0.15) is 10.2 Å². The third-order valence-electron chi connectivity index (χ3n) is 6.65. The fourth-order valence-corrected chi connectivity index (χ4v) is 6.90. The molecule has 2 heterocycles. The normalized spacial score (nSPS) is 87.4. The number of hydrogen-bond acceptors (Lipinski definition) is 2. The van der Waals surface area contributed by atoms with Crippen LogP contribution in [-0.2, 0) is 0 Å². The first-order valence-corrected chi connectivity index (χ1v) is 5.87. The molecule has 5 aliphatic carbocycles. The van der Waals surface area contributed by atoms with Gasteiger partial charge in [0.2, 0.25) is 0 Å². The van der Waals surface area contributed by atoms with Crippen LogP contribution >= 0.6 is 0 Å². The van der Waals surface area contributed by atoms with E-state index in [0.717, 1.165) is 59.4 Å². The molecule has 7 rings (SSSR count). The van der Waals surface area contributed by atoms with Gasteiger partial charge in [-0.15, -0.1) is 0 Å². The average Bonchev–Trinajstić information content (AvgIpc) is 2.65. The van der Waals surface area contributed by atoms with E-state index in [9.17, 15) is 0 Å². The molecule has 0 saturated heterocycles. The van der Waals surface area contributed by atoms with Crippen molar-refractivity contribution in [3.63, 3.8) is 0 Å². The number of hydrogen-bond donors (Lipinski definition) is 0. The molecule has 0 aromatic rings. The highest BCUT2D eigenvalue weighted by Gasteiger charge is 2.85. The maximum absolute atomic E-state index is 4.58. The average molecular weight is 172 g/mol. The van der Waals surface area contributed by atoms with Crippen LogP contribution in [-0.4, -0.2) is 12.1 Å². The van der Waals surface area contributed by atoms with E-state index in [1.807, 2.05) is 0 Å². The smallest absolute Gasteiger partial charge is 0.0777 e. The summed E-state index contributed by atoms with van der Waals surface area (Å²) in [6.45, 7) is 0. The van der Waals surface area contributed by atoms with Crippen LogP contribution in [0.1, 0.15) is 6.42 Å². The Morgan fingerprint density at radius 1 is 0.615 bits per heavy atom. The van der Waals surface area contributed by atoms with Gasteiger partial charge in [-0.25, -0.2) is 0 Å². The highest BCUT2D eigenvalue weighted by Crippen LogP contribution is 2.84. The number of azo groups is 1. The van der Waals surface area contributed by atoms with E-state index in [0.29, 0.717) is 0 Å². The largest absolute Gasteiger partial charge is 0.190 e. The first-order chi connectivity index (χ1) is 6.47. The SMILES string of the molecule is C1C2C3C4N=NC5C3C1C1C2C4C51. The number of nitrogens with zero attached hydrogens (tertiary/aromatic N) is 2. The lowest BCUT2D eigenvalue weighted by Crippen LogP contribution is -2.52. The molecule has 0 aromatic carbocycles. The Bertz CT molecular complexity index is 338. The summed E-state index contributed by atoms with van der Waals surface area (Å²) in [6.07, 6.45) is 1.58. The summed E-state index contributed by atoms with van der Waals surface area (Å²) in [5, 5.41) is 9.16. The van der Waals surface area contributed by atoms with E-state index in [1.165, 1.54) is 0 Å². The molecule has 0 radical (unpaired) electrons. The molecule has 13 heavy (non-hydrogen) atoms. The molecular formula is C11H12N2. The Balaban J connectivity index is 1.83. The Morgan fingerprint density at radius 2 is 1.15 bits per heavy atom. The van der Waals surface area contributed by atoms with Crippen LogP contribution in [0, 0.1) is 47.3 Å². The van der Waals surface area contributed by atoms with Crippen LogP contribution in [0.25, 0.3) is 0 Å². The Morgan fingerprint density at radius 3 is 1.69 bits per heavy atom. The van der Waals surface area contributed by atoms with Crippen molar-refractivity contribution in [1.29, 1.82) is 0 Å². The van der Waals surface area contributed by atoms with Crippen molar-refractivity contribution in [2.24, 2.45) is 57.6 Å². The van der Waals surface area contributed by atoms with Crippen molar-refractivity contribution >= 4 is 0 Å². The van der Waals surface area contributed by atoms with Crippen LogP contribution < -0.4 is 0 Å². The summed E-state index contributed by atoms with van der Waals surface area (Å²) >= 11 is 0. The van der Waals surface area contributed by atoms with Gasteiger partial charge in [0.1, 0.15) is 0 Å². The molecule has 66 valence electrons. The molecule has 10 unspecified atom stereocenters. The first kappa shape index (κ1) is 5.47. The topological polar surface area (TPSA) is 24.7 Å². The van der Waals surface area contributed by atoms with E-state index in [-0.39, 0.29) is 0 Å². The Kier molecular flexibility index (Phi) is 0.516. The second kappa shape index (κ2) is 1.23. The lowest BCUT2D eigenvalue weighted by Gasteiger charge is -2.50. The molecular weight excluding hydrogens is 160 g/mol. The summed E-state index contributed by atoms with van der Waals surface area (Å²) in [5.41, 5.74) is 0. The van der Waals surface area contributed by atoms with Crippen molar-refractivity contribution in [3.8, 4) is 0 Å². The highest BCUT2D eigenvalue weighted by molar-refractivity contribution is 5.34. The van der Waals surface area contributed by atoms with Gasteiger partial charge < -0.3 is 0 Å². The molecule has 0 amide bonds. The summed E-state index contributed by atoms with van der Waals surface area (Å²) < 4.78 is 0. The molecule has 2 nitrogen and oxygen atoms in total. The third kappa shape index (κ3) is 0.291. The molecule has 4 bridgehead atoms. The van der Waals surface area contributed by atoms with E-state index < -0.39 is 0 Å². The van der Waals surface area contributed by atoms with Crippen LogP contribution in [0.5, 0.6) is 0 Å². The van der Waals surface area contributed by atoms with Gasteiger partial charge >= 0.3 is 0 Å². The predicted molar refractivity (Wildman–Crippen MR) is 45.0 cm³/mol. The van der Waals surface area contributed by atoms with Crippen molar-refractivity contribution in [2.75, 3.05) is 0 Å². The fraction of sp³-hybridized carbons (Fsp3) is 1.00. The van der Waals surface area contributed by atoms with E-state index >= 15 is 0 Å². The maximum atomic E-state index is 4.58. The summed E-state index contributed by atoms with van der Waals surface area (Å²) in [4.78, 5) is 0. The first-order valence-electron chi connectivity index (χ1n) is 5.87. The zero-order valence-corrected chi connectivity index (χ0v) is 7.38. The zero-order chi connectivity index (χ0) is 7.89. The Hall–Kier alpha value is -0.400. The molecule has 5 fully saturated rings. The second-order valence-corrected chi connectivity index (χ2v) is 6.24. The van der Waals surface area contributed by atoms with Crippen LogP contribution in [0.4, 0.5) is 0 Å². The van der Waals surface area contributed by atoms with E-state index in [4.69, 9.17) is 0 Å². The van der Waals surface area contributed by atoms with Gasteiger partial charge in [-0.3, -0.25) is 0 Å². The zero-order valence-electron chi connectivity index (χ0n) is 7.38. The standard InChI is InChI=1S/C11H12N2/c1-2-4-5-3(1)7-6(2)10-8(4)9(5)11(7)13-12-10/h2-11H,1H2. The predicted octanol–water partition coefficient (Wildman–Crippen LogP) is 1.58. The highest BCUT2D eigenvalue weighted by atomic mass is 15.2. The Labute approximate surface area is 76.8 Å². The van der Waals surface area contributed by atoms with Crippen LogP contribution in [0.15, 0.2) is 10.2 Å². The van der Waals surface area contributed by atoms with Gasteiger partial charge in [0.15, 0.2) is 0 Å². The van der Waals surface area contributed by atoms with Crippen molar-refractivity contribution in [3.05, 3.63) is 0 Å². The molecule has 10 atom stereocenters. The lowest BCUT2D eigenvalue weighted by atomic mass is 9.57. The molecule has 0 N–H and O–H groups in total. The molecule has 0 spiro atoms. The van der Waals surface area contributed by atoms with Crippen molar-refractivity contribution in [1.82, 2.24) is 0 Å². The van der Waals surface area contributed by atoms with Gasteiger partial charge in [-0.1, -0.05) is 0 Å². The van der Waals surface area contributed by atoms with Gasteiger partial charge in [0.25, 0.3) is 0 Å². The van der Waals surface area contributed by atoms with E-state index in [2.05, 4.69) is 10.2 Å². The fourth-order valence-electron chi connectivity index (χ4n) is 6.90. The maximum Gasteiger partial charge on any atom is 0.0777 e. The van der Waals surface area contributed by atoms with Gasteiger partial charge in [0.05, 0.1) is 12.1 Å². The molecule has 5 saturated carbocycles. The van der Waals surface area contributed by atoms with Gasteiger partial charge in [-0.05, 0) is 53.8 Å². The number of rotatable bonds is 0. The van der Waals surface area contributed by atoms with Crippen molar-refractivity contribution in [2.45, 2.75) is 18.5 Å². The third-order valence-corrected chi connectivity index (χ3v) is 6.65. The minimum atomic E-state index is 0.721. The quantitative estimate of drug-likeness (QED) is 0.530. The van der Waals surface area contributed by atoms with Crippen LogP contribution in [0.2, 0.25) is 0 Å². The minimum absolute atomic E-state index is 0.721. The second-order valence-electron chi connectivity index (χ2n) is 6.24. The van der Waals surface area contributed by atoms with Crippen LogP contribution in [0.3, 0.4) is 0 Å². The van der Waals surface area contributed by atoms with Crippen molar-refractivity contribution < 1.29 is 0 Å². The minimum Gasteiger partial charge on any atom is -0.190 e. The van der Waals surface area contributed by atoms with E-state index in [1.54, 1.807) is 6.42 Å². The van der Waals surface area contributed by atoms with Gasteiger partial charge in [0, 0.05) is 0 Å². The summed E-state index contributed by atoms with van der Waals surface area (Å²) in [5.74, 6) is 8.65. The lowest BCUT2D eigenvalue weighted by molar-refractivity contribution is -0.00740. The summed E-state index contributed by atoms with van der Waals surface area (Å²) in [6, 6.07) is 1.44. The molecule has 2 aliphatic heterocycles.